The Kier molecular flexibility index (Phi) is 7.37. The van der Waals surface area contributed by atoms with Gasteiger partial charge in [0, 0.05) is 80.2 Å². The first-order valence-corrected chi connectivity index (χ1v) is 15.2. The summed E-state index contributed by atoms with van der Waals surface area (Å²) in [6.45, 7) is 7.30. The van der Waals surface area contributed by atoms with Crippen molar-refractivity contribution in [1.29, 1.82) is 0 Å². The summed E-state index contributed by atoms with van der Waals surface area (Å²) in [5.74, 6) is -0.363. The molecular formula is C31H36ClN4O4P. The molecule has 2 aromatic carbocycles. The molecule has 2 N–H and O–H groups in total. The van der Waals surface area contributed by atoms with E-state index in [4.69, 9.17) is 11.6 Å². The smallest absolute Gasteiger partial charge is 0.235 e. The van der Waals surface area contributed by atoms with Crippen LogP contribution in [0.15, 0.2) is 36.4 Å². The van der Waals surface area contributed by atoms with E-state index >= 15 is 0 Å². The third-order valence-electron chi connectivity index (χ3n) is 9.52. The summed E-state index contributed by atoms with van der Waals surface area (Å²) < 4.78 is 0. The molecule has 3 amide bonds. The minimum absolute atomic E-state index is 0.0759. The Hall–Kier alpha value is -2.93. The molecule has 2 unspecified atom stereocenters. The van der Waals surface area contributed by atoms with E-state index in [0.29, 0.717) is 44.0 Å². The number of piperazine rings is 1. The third-order valence-corrected chi connectivity index (χ3v) is 10.5. The van der Waals surface area contributed by atoms with Gasteiger partial charge in [0.2, 0.25) is 17.7 Å². The molecule has 2 saturated heterocycles. The van der Waals surface area contributed by atoms with E-state index in [9.17, 15) is 19.5 Å². The number of phenolic OH excluding ortho intramolecular Hbond substituents is 1. The highest BCUT2D eigenvalue weighted by Gasteiger charge is 2.54. The predicted octanol–water partition coefficient (Wildman–Crippen LogP) is 3.65. The summed E-state index contributed by atoms with van der Waals surface area (Å²) in [5.41, 5.74) is 3.12. The first-order valence-electron chi connectivity index (χ1n) is 14.3. The number of amides is 3. The maximum atomic E-state index is 14.5. The molecule has 3 aliphatic rings. The Labute approximate surface area is 247 Å². The Morgan fingerprint density at radius 1 is 1.15 bits per heavy atom. The molecule has 0 bridgehead atoms. The van der Waals surface area contributed by atoms with Gasteiger partial charge in [0.1, 0.15) is 5.75 Å². The summed E-state index contributed by atoms with van der Waals surface area (Å²) >= 11 is 6.56. The number of aromatic nitrogens is 1. The zero-order valence-corrected chi connectivity index (χ0v) is 25.4. The van der Waals surface area contributed by atoms with Crippen molar-refractivity contribution in [3.8, 4) is 5.75 Å². The predicted molar refractivity (Wildman–Crippen MR) is 163 cm³/mol. The second-order valence-electron chi connectivity index (χ2n) is 11.9. The molecule has 0 spiro atoms. The van der Waals surface area contributed by atoms with Crippen LogP contribution in [0.5, 0.6) is 5.75 Å². The van der Waals surface area contributed by atoms with Gasteiger partial charge < -0.3 is 15.0 Å². The molecule has 1 aliphatic carbocycles. The molecule has 4 atom stereocenters. The Morgan fingerprint density at radius 2 is 1.90 bits per heavy atom. The number of aromatic amines is 1. The molecule has 1 aromatic heterocycles. The number of hydrogen-bond acceptors (Lipinski definition) is 5. The van der Waals surface area contributed by atoms with E-state index in [2.05, 4.69) is 19.1 Å². The number of nitrogens with zero attached hydrogens (tertiary/aromatic N) is 3. The van der Waals surface area contributed by atoms with Crippen LogP contribution < -0.4 is 5.30 Å². The number of rotatable bonds is 4. The number of phenols is 1. The van der Waals surface area contributed by atoms with Gasteiger partial charge in [-0.25, -0.2) is 0 Å². The first-order chi connectivity index (χ1) is 19.6. The molecular weight excluding hydrogens is 559 g/mol. The van der Waals surface area contributed by atoms with Crippen LogP contribution in [0.1, 0.15) is 49.4 Å². The monoisotopic (exact) mass is 594 g/mol. The van der Waals surface area contributed by atoms with Crippen molar-refractivity contribution in [3.63, 3.8) is 0 Å². The number of aromatic hydroxyl groups is 1. The van der Waals surface area contributed by atoms with Crippen LogP contribution in [0.2, 0.25) is 5.02 Å². The van der Waals surface area contributed by atoms with Gasteiger partial charge >= 0.3 is 0 Å². The van der Waals surface area contributed by atoms with Gasteiger partial charge in [0.15, 0.2) is 0 Å². The Morgan fingerprint density at radius 3 is 2.61 bits per heavy atom. The number of carbonyl (C=O) groups is 3. The SMILES string of the molecule is CC(=O)N1CCN(CCN2C(=O)CCC3[C@H](c4cccc(O)c4)c4[nH]c5cc(P)c(Cl)cc5c4C[C@@]3(C)C2=O)CC1. The zero-order chi connectivity index (χ0) is 29.1. The lowest BCUT2D eigenvalue weighted by atomic mass is 9.59. The van der Waals surface area contributed by atoms with E-state index in [1.807, 2.05) is 36.1 Å². The molecule has 2 fully saturated rings. The number of halogens is 1. The maximum absolute atomic E-state index is 14.5. The quantitative estimate of drug-likeness (QED) is 0.355. The van der Waals surface area contributed by atoms with Crippen LogP contribution >= 0.6 is 20.8 Å². The molecule has 41 heavy (non-hydrogen) atoms. The van der Waals surface area contributed by atoms with Gasteiger partial charge in [-0.15, -0.1) is 9.24 Å². The molecule has 10 heteroatoms. The highest BCUT2D eigenvalue weighted by Crippen LogP contribution is 2.55. The average molecular weight is 595 g/mol. The zero-order valence-electron chi connectivity index (χ0n) is 23.5. The van der Waals surface area contributed by atoms with Gasteiger partial charge in [-0.2, -0.15) is 0 Å². The van der Waals surface area contributed by atoms with E-state index < -0.39 is 5.41 Å². The second kappa shape index (κ2) is 10.7. The van der Waals surface area contributed by atoms with Crippen molar-refractivity contribution < 1.29 is 19.5 Å². The van der Waals surface area contributed by atoms with Gasteiger partial charge in [-0.1, -0.05) is 30.7 Å². The van der Waals surface area contributed by atoms with E-state index in [0.717, 1.165) is 46.1 Å². The topological polar surface area (TPSA) is 96.9 Å². The molecule has 6 rings (SSSR count). The van der Waals surface area contributed by atoms with Gasteiger partial charge in [-0.05, 0) is 59.5 Å². The normalized spacial score (nSPS) is 25.3. The van der Waals surface area contributed by atoms with Crippen LogP contribution in [0.3, 0.4) is 0 Å². The number of nitrogens with one attached hydrogen (secondary N) is 1. The van der Waals surface area contributed by atoms with Crippen LogP contribution in [0, 0.1) is 11.3 Å². The summed E-state index contributed by atoms with van der Waals surface area (Å²) in [6.07, 6.45) is 1.35. The Bertz CT molecular complexity index is 1550. The van der Waals surface area contributed by atoms with Crippen LogP contribution in [-0.2, 0) is 20.8 Å². The van der Waals surface area contributed by atoms with E-state index in [1.165, 1.54) is 4.90 Å². The van der Waals surface area contributed by atoms with Crippen molar-refractivity contribution in [3.05, 3.63) is 58.2 Å². The van der Waals surface area contributed by atoms with Crippen molar-refractivity contribution in [2.24, 2.45) is 11.3 Å². The summed E-state index contributed by atoms with van der Waals surface area (Å²) in [4.78, 5) is 48.9. The number of likely N-dealkylation sites (tertiary alicyclic amines) is 1. The summed E-state index contributed by atoms with van der Waals surface area (Å²) in [7, 11) is 2.67. The minimum Gasteiger partial charge on any atom is -0.508 e. The lowest BCUT2D eigenvalue weighted by Gasteiger charge is -2.45. The number of benzene rings is 2. The third kappa shape index (κ3) is 4.94. The standard InChI is InChI=1S/C31H36ClN4O4P/c1-18(37)35-11-8-34(9-12-35)10-13-36-27(39)7-6-23-28(19-4-3-5-20(38)14-19)29-22(17-31(23,2)30(36)40)21-15-24(32)26(41)16-25(21)33-29/h3-5,14-16,23,28,33,38H,6-13,17,41H2,1-2H3/t23?,28-,31+/m0/s1. The maximum Gasteiger partial charge on any atom is 0.235 e. The number of fused-ring (bicyclic) bond motifs is 4. The number of H-pyrrole nitrogens is 1. The van der Waals surface area contributed by atoms with Crippen molar-refractivity contribution in [2.45, 2.75) is 39.0 Å². The van der Waals surface area contributed by atoms with Crippen LogP contribution in [-0.4, -0.2) is 81.8 Å². The average Bonchev–Trinajstić information content (AvgIpc) is 3.23. The lowest BCUT2D eigenvalue weighted by Crippen LogP contribution is -2.53. The van der Waals surface area contributed by atoms with Gasteiger partial charge in [-0.3, -0.25) is 24.2 Å². The molecule has 0 radical (unpaired) electrons. The summed E-state index contributed by atoms with van der Waals surface area (Å²) in [5, 5.41) is 12.9. The van der Waals surface area contributed by atoms with Crippen molar-refractivity contribution in [2.75, 3.05) is 39.3 Å². The molecule has 216 valence electrons. The van der Waals surface area contributed by atoms with E-state index in [-0.39, 0.29) is 41.7 Å². The lowest BCUT2D eigenvalue weighted by molar-refractivity contribution is -0.151. The number of hydrogen-bond donors (Lipinski definition) is 2. The first kappa shape index (κ1) is 28.2. The van der Waals surface area contributed by atoms with Crippen LogP contribution in [0.4, 0.5) is 0 Å². The molecule has 3 heterocycles. The second-order valence-corrected chi connectivity index (χ2v) is 13.0. The fourth-order valence-electron chi connectivity index (χ4n) is 7.26. The van der Waals surface area contributed by atoms with Crippen molar-refractivity contribution >= 4 is 54.8 Å². The van der Waals surface area contributed by atoms with Gasteiger partial charge in [0.05, 0.1) is 5.41 Å². The molecule has 3 aromatic rings. The Balaban J connectivity index is 1.37. The summed E-state index contributed by atoms with van der Waals surface area (Å²) in [6, 6.07) is 11.2. The number of imide groups is 1. The van der Waals surface area contributed by atoms with Crippen LogP contribution in [0.25, 0.3) is 10.9 Å². The number of carbonyl (C=O) groups excluding carboxylic acids is 3. The molecule has 0 saturated carbocycles. The molecule has 2 aliphatic heterocycles. The largest absolute Gasteiger partial charge is 0.508 e. The fraction of sp³-hybridized carbons (Fsp3) is 0.452. The molecule has 8 nitrogen and oxygen atoms in total. The van der Waals surface area contributed by atoms with Crippen molar-refractivity contribution in [1.82, 2.24) is 19.7 Å². The highest BCUT2D eigenvalue weighted by atomic mass is 35.5. The van der Waals surface area contributed by atoms with E-state index in [1.54, 1.807) is 19.1 Å². The minimum atomic E-state index is -0.830. The van der Waals surface area contributed by atoms with Gasteiger partial charge in [0.25, 0.3) is 0 Å². The highest BCUT2D eigenvalue weighted by molar-refractivity contribution is 7.28. The fourth-order valence-corrected chi connectivity index (χ4v) is 7.67.